The van der Waals surface area contributed by atoms with E-state index in [-0.39, 0.29) is 0 Å². The van der Waals surface area contributed by atoms with Crippen LogP contribution >= 0.6 is 0 Å². The first-order chi connectivity index (χ1) is 8.60. The molecule has 0 aliphatic rings. The van der Waals surface area contributed by atoms with Crippen molar-refractivity contribution < 1.29 is 4.42 Å². The van der Waals surface area contributed by atoms with Crippen molar-refractivity contribution in [3.05, 3.63) is 23.7 Å². The number of aryl methyl sites for hydroxylation is 1. The number of hydrogen-bond donors (Lipinski definition) is 1. The number of nitrogens with one attached hydrogen (secondary N) is 1. The van der Waals surface area contributed by atoms with Crippen LogP contribution in [0.4, 0.5) is 0 Å². The van der Waals surface area contributed by atoms with Crippen LogP contribution in [-0.2, 0) is 6.54 Å². The van der Waals surface area contributed by atoms with E-state index in [2.05, 4.69) is 45.1 Å². The molecule has 0 aliphatic carbocycles. The second kappa shape index (κ2) is 7.59. The zero-order chi connectivity index (χ0) is 13.5. The fourth-order valence-electron chi connectivity index (χ4n) is 2.52. The molecule has 1 heterocycles. The van der Waals surface area contributed by atoms with Gasteiger partial charge in [0.05, 0.1) is 12.8 Å². The van der Waals surface area contributed by atoms with Gasteiger partial charge >= 0.3 is 0 Å². The molecule has 0 spiro atoms. The Morgan fingerprint density at radius 1 is 1.28 bits per heavy atom. The largest absolute Gasteiger partial charge is 0.468 e. The van der Waals surface area contributed by atoms with Gasteiger partial charge in [0.1, 0.15) is 5.76 Å². The first-order valence-corrected chi connectivity index (χ1v) is 7.00. The van der Waals surface area contributed by atoms with E-state index in [9.17, 15) is 0 Å². The van der Waals surface area contributed by atoms with Gasteiger partial charge in [0, 0.05) is 12.6 Å². The van der Waals surface area contributed by atoms with Crippen LogP contribution in [0.1, 0.15) is 38.0 Å². The molecule has 0 amide bonds. The Kier molecular flexibility index (Phi) is 6.44. The minimum Gasteiger partial charge on any atom is -0.468 e. The second-order valence-electron chi connectivity index (χ2n) is 5.27. The van der Waals surface area contributed by atoms with Gasteiger partial charge in [0.25, 0.3) is 0 Å². The quantitative estimate of drug-likeness (QED) is 0.771. The molecule has 18 heavy (non-hydrogen) atoms. The van der Waals surface area contributed by atoms with Crippen LogP contribution in [0.25, 0.3) is 0 Å². The first-order valence-electron chi connectivity index (χ1n) is 7.00. The molecule has 1 N–H and O–H groups in total. The van der Waals surface area contributed by atoms with Gasteiger partial charge in [-0.05, 0) is 38.6 Å². The van der Waals surface area contributed by atoms with Gasteiger partial charge in [0.2, 0.25) is 0 Å². The molecule has 0 saturated carbocycles. The van der Waals surface area contributed by atoms with E-state index >= 15 is 0 Å². The van der Waals surface area contributed by atoms with Crippen molar-refractivity contribution in [2.75, 3.05) is 20.6 Å². The number of furan rings is 1. The van der Waals surface area contributed by atoms with Gasteiger partial charge < -0.3 is 14.6 Å². The summed E-state index contributed by atoms with van der Waals surface area (Å²) in [6, 6.07) is 2.61. The highest BCUT2D eigenvalue weighted by molar-refractivity contribution is 5.14. The van der Waals surface area contributed by atoms with Crippen molar-refractivity contribution >= 4 is 0 Å². The molecule has 1 aromatic heterocycles. The number of nitrogens with zero attached hydrogens (tertiary/aromatic N) is 1. The van der Waals surface area contributed by atoms with Crippen LogP contribution in [0.5, 0.6) is 0 Å². The summed E-state index contributed by atoms with van der Waals surface area (Å²) in [7, 11) is 4.34. The third-order valence-electron chi connectivity index (χ3n) is 3.86. The van der Waals surface area contributed by atoms with Gasteiger partial charge in [-0.15, -0.1) is 0 Å². The molecule has 3 heteroatoms. The van der Waals surface area contributed by atoms with Crippen LogP contribution < -0.4 is 5.32 Å². The lowest BCUT2D eigenvalue weighted by Gasteiger charge is -2.31. The van der Waals surface area contributed by atoms with E-state index in [0.717, 1.165) is 24.8 Å². The number of hydrogen-bond acceptors (Lipinski definition) is 3. The summed E-state index contributed by atoms with van der Waals surface area (Å²) >= 11 is 0. The number of rotatable bonds is 8. The fourth-order valence-corrected chi connectivity index (χ4v) is 2.52. The van der Waals surface area contributed by atoms with E-state index < -0.39 is 0 Å². The van der Waals surface area contributed by atoms with E-state index in [1.54, 1.807) is 6.26 Å². The van der Waals surface area contributed by atoms with Gasteiger partial charge in [-0.1, -0.05) is 26.7 Å². The summed E-state index contributed by atoms with van der Waals surface area (Å²) in [4.78, 5) is 2.33. The lowest BCUT2D eigenvalue weighted by molar-refractivity contribution is 0.193. The molecule has 0 aromatic carbocycles. The zero-order valence-electron chi connectivity index (χ0n) is 12.5. The Bertz CT molecular complexity index is 329. The van der Waals surface area contributed by atoms with Crippen LogP contribution in [0.3, 0.4) is 0 Å². The molecule has 0 saturated heterocycles. The van der Waals surface area contributed by atoms with Gasteiger partial charge in [0.15, 0.2) is 0 Å². The average molecular weight is 252 g/mol. The Labute approximate surface area is 112 Å². The molecule has 0 fully saturated rings. The average Bonchev–Trinajstić information content (AvgIpc) is 2.74. The maximum absolute atomic E-state index is 5.44. The summed E-state index contributed by atoms with van der Waals surface area (Å²) in [5.74, 6) is 1.81. The summed E-state index contributed by atoms with van der Waals surface area (Å²) in [5, 5.41) is 3.52. The maximum atomic E-state index is 5.44. The van der Waals surface area contributed by atoms with Crippen LogP contribution in [0.2, 0.25) is 0 Å². The van der Waals surface area contributed by atoms with Gasteiger partial charge in [-0.3, -0.25) is 0 Å². The maximum Gasteiger partial charge on any atom is 0.120 e. The van der Waals surface area contributed by atoms with E-state index in [0.29, 0.717) is 6.04 Å². The molecule has 1 unspecified atom stereocenters. The minimum atomic E-state index is 0.593. The summed E-state index contributed by atoms with van der Waals surface area (Å²) in [5.41, 5.74) is 1.23. The summed E-state index contributed by atoms with van der Waals surface area (Å²) in [6.45, 7) is 8.48. The fraction of sp³-hybridized carbons (Fsp3) is 0.733. The lowest BCUT2D eigenvalue weighted by atomic mass is 9.93. The van der Waals surface area contributed by atoms with E-state index in [4.69, 9.17) is 4.42 Å². The van der Waals surface area contributed by atoms with Crippen molar-refractivity contribution in [3.8, 4) is 0 Å². The molecule has 1 rings (SSSR count). The highest BCUT2D eigenvalue weighted by Gasteiger charge is 2.20. The molecule has 0 bridgehead atoms. The molecule has 0 aliphatic heterocycles. The monoisotopic (exact) mass is 252 g/mol. The van der Waals surface area contributed by atoms with Gasteiger partial charge in [-0.2, -0.15) is 0 Å². The van der Waals surface area contributed by atoms with Crippen molar-refractivity contribution in [3.63, 3.8) is 0 Å². The molecule has 0 radical (unpaired) electrons. The highest BCUT2D eigenvalue weighted by Crippen LogP contribution is 2.16. The van der Waals surface area contributed by atoms with Crippen molar-refractivity contribution in [1.82, 2.24) is 10.2 Å². The Hall–Kier alpha value is -0.800. The molecule has 3 nitrogen and oxygen atoms in total. The predicted octanol–water partition coefficient (Wildman–Crippen LogP) is 3.04. The lowest BCUT2D eigenvalue weighted by Crippen LogP contribution is -2.42. The second-order valence-corrected chi connectivity index (χ2v) is 5.27. The summed E-state index contributed by atoms with van der Waals surface area (Å²) < 4.78 is 5.44. The van der Waals surface area contributed by atoms with Gasteiger partial charge in [-0.25, -0.2) is 0 Å². The van der Waals surface area contributed by atoms with E-state index in [1.807, 2.05) is 6.07 Å². The molecular weight excluding hydrogens is 224 g/mol. The smallest absolute Gasteiger partial charge is 0.120 e. The highest BCUT2D eigenvalue weighted by atomic mass is 16.3. The third kappa shape index (κ3) is 4.14. The Balaban J connectivity index is 2.45. The molecule has 1 aromatic rings. The topological polar surface area (TPSA) is 28.4 Å². The predicted molar refractivity (Wildman–Crippen MR) is 76.7 cm³/mol. The van der Waals surface area contributed by atoms with Crippen molar-refractivity contribution in [2.45, 2.75) is 46.2 Å². The molecular formula is C15H28N2O. The van der Waals surface area contributed by atoms with E-state index in [1.165, 1.54) is 18.4 Å². The zero-order valence-corrected chi connectivity index (χ0v) is 12.5. The van der Waals surface area contributed by atoms with Crippen LogP contribution in [-0.4, -0.2) is 31.6 Å². The standard InChI is InChI=1S/C15H28N2O/c1-6-13(7-2)14(17(4)5)10-16-11-15-12(3)8-9-18-15/h8-9,13-14,16H,6-7,10-11H2,1-5H3. The number of likely N-dealkylation sites (N-methyl/N-ethyl adjacent to an activating group) is 1. The first kappa shape index (κ1) is 15.3. The molecule has 104 valence electrons. The summed E-state index contributed by atoms with van der Waals surface area (Å²) in [6.07, 6.45) is 4.23. The van der Waals surface area contributed by atoms with Crippen molar-refractivity contribution in [2.24, 2.45) is 5.92 Å². The SMILES string of the molecule is CCC(CC)C(CNCc1occc1C)N(C)C. The normalized spacial score (nSPS) is 13.5. The third-order valence-corrected chi connectivity index (χ3v) is 3.86. The van der Waals surface area contributed by atoms with Crippen molar-refractivity contribution in [1.29, 1.82) is 0 Å². The van der Waals surface area contributed by atoms with Crippen LogP contribution in [0, 0.1) is 12.8 Å². The Morgan fingerprint density at radius 3 is 2.39 bits per heavy atom. The Morgan fingerprint density at radius 2 is 1.94 bits per heavy atom. The van der Waals surface area contributed by atoms with Crippen LogP contribution in [0.15, 0.2) is 16.7 Å². The minimum absolute atomic E-state index is 0.593. The molecule has 1 atom stereocenters.